The Balaban J connectivity index is 3.02. The molecule has 0 fully saturated rings. The van der Waals surface area contributed by atoms with Crippen molar-refractivity contribution < 1.29 is 22.3 Å². The first-order valence-corrected chi connectivity index (χ1v) is 6.14. The smallest absolute Gasteiger partial charge is 0.411 e. The van der Waals surface area contributed by atoms with E-state index in [2.05, 4.69) is 10.1 Å². The van der Waals surface area contributed by atoms with Crippen LogP contribution in [0.2, 0.25) is 0 Å². The van der Waals surface area contributed by atoms with Crippen molar-refractivity contribution >= 4 is 21.8 Å². The molecule has 0 bridgehead atoms. The van der Waals surface area contributed by atoms with Gasteiger partial charge in [0.1, 0.15) is 5.82 Å². The zero-order valence-electron chi connectivity index (χ0n) is 8.94. The lowest BCUT2D eigenvalue weighted by Crippen LogP contribution is -2.16. The fourth-order valence-corrected chi connectivity index (χ4v) is 1.65. The van der Waals surface area contributed by atoms with Crippen LogP contribution in [0, 0.1) is 5.82 Å². The second-order valence-electron chi connectivity index (χ2n) is 3.07. The Kier molecular flexibility index (Phi) is 4.02. The molecule has 0 saturated heterocycles. The van der Waals surface area contributed by atoms with Gasteiger partial charge in [0.2, 0.25) is 10.0 Å². The fourth-order valence-electron chi connectivity index (χ4n) is 1.08. The molecule has 0 aliphatic rings. The Morgan fingerprint density at radius 1 is 1.47 bits per heavy atom. The number of ether oxygens (including phenoxy) is 1. The molecule has 17 heavy (non-hydrogen) atoms. The van der Waals surface area contributed by atoms with Crippen molar-refractivity contribution in [1.29, 1.82) is 0 Å². The number of hydrogen-bond acceptors (Lipinski definition) is 4. The molecule has 1 amide bonds. The summed E-state index contributed by atoms with van der Waals surface area (Å²) in [7, 11) is -4.03. The average Bonchev–Trinajstić information content (AvgIpc) is 2.15. The minimum Gasteiger partial charge on any atom is -0.450 e. The monoisotopic (exact) mass is 262 g/mol. The predicted octanol–water partition coefficient (Wildman–Crippen LogP) is 1.04. The summed E-state index contributed by atoms with van der Waals surface area (Å²) < 4.78 is 39.7. The SMILES string of the molecule is CCOC(=O)Nc1cc(F)cc(S(N)(=O)=O)c1. The minimum absolute atomic E-state index is 0.0486. The Labute approximate surface area is 97.6 Å². The Hall–Kier alpha value is -1.67. The van der Waals surface area contributed by atoms with Gasteiger partial charge in [-0.25, -0.2) is 22.7 Å². The summed E-state index contributed by atoms with van der Waals surface area (Å²) in [6.45, 7) is 1.74. The van der Waals surface area contributed by atoms with Gasteiger partial charge in [-0.2, -0.15) is 0 Å². The van der Waals surface area contributed by atoms with Crippen LogP contribution in [0.5, 0.6) is 0 Å². The fraction of sp³-hybridized carbons (Fsp3) is 0.222. The highest BCUT2D eigenvalue weighted by atomic mass is 32.2. The Bertz CT molecular complexity index is 530. The molecule has 1 rings (SSSR count). The number of amides is 1. The summed E-state index contributed by atoms with van der Waals surface area (Å²) in [5.74, 6) is -0.830. The number of benzene rings is 1. The number of halogens is 1. The van der Waals surface area contributed by atoms with Crippen molar-refractivity contribution in [2.75, 3.05) is 11.9 Å². The normalized spacial score (nSPS) is 11.0. The molecule has 6 nitrogen and oxygen atoms in total. The van der Waals surface area contributed by atoms with Crippen LogP contribution < -0.4 is 10.5 Å². The highest BCUT2D eigenvalue weighted by Gasteiger charge is 2.12. The van der Waals surface area contributed by atoms with Crippen LogP contribution in [0.15, 0.2) is 23.1 Å². The van der Waals surface area contributed by atoms with Crippen molar-refractivity contribution in [1.82, 2.24) is 0 Å². The van der Waals surface area contributed by atoms with Crippen LogP contribution in [0.1, 0.15) is 6.92 Å². The van der Waals surface area contributed by atoms with Crippen LogP contribution in [0.4, 0.5) is 14.9 Å². The van der Waals surface area contributed by atoms with Gasteiger partial charge in [0.15, 0.2) is 0 Å². The van der Waals surface area contributed by atoms with Crippen LogP contribution in [0.25, 0.3) is 0 Å². The summed E-state index contributed by atoms with van der Waals surface area (Å²) in [5.41, 5.74) is -0.0486. The van der Waals surface area contributed by atoms with E-state index in [-0.39, 0.29) is 12.3 Å². The predicted molar refractivity (Wildman–Crippen MR) is 58.4 cm³/mol. The number of nitrogens with two attached hydrogens (primary N) is 1. The number of carbonyl (C=O) groups is 1. The van der Waals surface area contributed by atoms with Gasteiger partial charge < -0.3 is 4.74 Å². The number of rotatable bonds is 3. The third-order valence-electron chi connectivity index (χ3n) is 1.72. The second-order valence-corrected chi connectivity index (χ2v) is 4.63. The lowest BCUT2D eigenvalue weighted by molar-refractivity contribution is 0.168. The van der Waals surface area contributed by atoms with Gasteiger partial charge in [-0.15, -0.1) is 0 Å². The van der Waals surface area contributed by atoms with E-state index in [1.807, 2.05) is 0 Å². The molecule has 0 aliphatic heterocycles. The lowest BCUT2D eigenvalue weighted by Gasteiger charge is -2.06. The zero-order chi connectivity index (χ0) is 13.1. The van der Waals surface area contributed by atoms with E-state index in [1.165, 1.54) is 0 Å². The molecule has 94 valence electrons. The van der Waals surface area contributed by atoms with Crippen molar-refractivity contribution in [3.8, 4) is 0 Å². The van der Waals surface area contributed by atoms with E-state index < -0.39 is 26.8 Å². The van der Waals surface area contributed by atoms with Crippen molar-refractivity contribution in [3.63, 3.8) is 0 Å². The largest absolute Gasteiger partial charge is 0.450 e. The Morgan fingerprint density at radius 2 is 2.12 bits per heavy atom. The molecule has 0 aromatic heterocycles. The van der Waals surface area contributed by atoms with Crippen LogP contribution >= 0.6 is 0 Å². The Morgan fingerprint density at radius 3 is 2.65 bits per heavy atom. The first kappa shape index (κ1) is 13.4. The highest BCUT2D eigenvalue weighted by Crippen LogP contribution is 2.17. The number of hydrogen-bond donors (Lipinski definition) is 2. The van der Waals surface area contributed by atoms with Crippen molar-refractivity contribution in [3.05, 3.63) is 24.0 Å². The lowest BCUT2D eigenvalue weighted by atomic mass is 10.3. The maximum Gasteiger partial charge on any atom is 0.411 e. The standard InChI is InChI=1S/C9H11FN2O4S/c1-2-16-9(13)12-7-3-6(10)4-8(5-7)17(11,14)15/h3-5H,2H2,1H3,(H,12,13)(H2,11,14,15). The summed E-state index contributed by atoms with van der Waals surface area (Å²) in [4.78, 5) is 10.6. The first-order valence-electron chi connectivity index (χ1n) is 4.60. The molecule has 0 aliphatic carbocycles. The quantitative estimate of drug-likeness (QED) is 0.850. The molecular weight excluding hydrogens is 251 g/mol. The first-order chi connectivity index (χ1) is 7.82. The summed E-state index contributed by atoms with van der Waals surface area (Å²) in [6, 6.07) is 2.74. The summed E-state index contributed by atoms with van der Waals surface area (Å²) in [5, 5.41) is 7.02. The van der Waals surface area contributed by atoms with E-state index in [0.29, 0.717) is 0 Å². The number of nitrogens with one attached hydrogen (secondary N) is 1. The van der Waals surface area contributed by atoms with Gasteiger partial charge in [0.25, 0.3) is 0 Å². The molecule has 8 heteroatoms. The molecule has 3 N–H and O–H groups in total. The minimum atomic E-state index is -4.03. The third kappa shape index (κ3) is 4.00. The second kappa shape index (κ2) is 5.11. The summed E-state index contributed by atoms with van der Waals surface area (Å²) in [6.07, 6.45) is -0.807. The molecule has 0 spiro atoms. The van der Waals surface area contributed by atoms with E-state index >= 15 is 0 Å². The number of carbonyl (C=O) groups excluding carboxylic acids is 1. The van der Waals surface area contributed by atoms with Gasteiger partial charge >= 0.3 is 6.09 Å². The third-order valence-corrected chi connectivity index (χ3v) is 2.61. The van der Waals surface area contributed by atoms with E-state index in [1.54, 1.807) is 6.92 Å². The maximum absolute atomic E-state index is 13.1. The molecular formula is C9H11FN2O4S. The van der Waals surface area contributed by atoms with Crippen LogP contribution in [-0.2, 0) is 14.8 Å². The molecule has 0 unspecified atom stereocenters. The topological polar surface area (TPSA) is 98.5 Å². The molecule has 0 heterocycles. The van der Waals surface area contributed by atoms with Crippen LogP contribution in [-0.4, -0.2) is 21.1 Å². The van der Waals surface area contributed by atoms with Crippen molar-refractivity contribution in [2.24, 2.45) is 5.14 Å². The molecule has 1 aromatic rings. The number of sulfonamides is 1. The van der Waals surface area contributed by atoms with Crippen molar-refractivity contribution in [2.45, 2.75) is 11.8 Å². The van der Waals surface area contributed by atoms with Gasteiger partial charge in [0, 0.05) is 5.69 Å². The molecule has 0 radical (unpaired) electrons. The maximum atomic E-state index is 13.1. The molecule has 0 atom stereocenters. The van der Waals surface area contributed by atoms with Gasteiger partial charge in [-0.3, -0.25) is 5.32 Å². The van der Waals surface area contributed by atoms with Gasteiger partial charge in [-0.05, 0) is 25.1 Å². The highest BCUT2D eigenvalue weighted by molar-refractivity contribution is 7.89. The summed E-state index contributed by atoms with van der Waals surface area (Å²) >= 11 is 0. The van der Waals surface area contributed by atoms with Crippen LogP contribution in [0.3, 0.4) is 0 Å². The zero-order valence-corrected chi connectivity index (χ0v) is 9.75. The van der Waals surface area contributed by atoms with Gasteiger partial charge in [0.05, 0.1) is 11.5 Å². The van der Waals surface area contributed by atoms with E-state index in [4.69, 9.17) is 5.14 Å². The van der Waals surface area contributed by atoms with E-state index in [0.717, 1.165) is 18.2 Å². The molecule has 1 aromatic carbocycles. The number of primary sulfonamides is 1. The number of anilines is 1. The van der Waals surface area contributed by atoms with Gasteiger partial charge in [-0.1, -0.05) is 0 Å². The van der Waals surface area contributed by atoms with E-state index in [9.17, 15) is 17.6 Å². The molecule has 0 saturated carbocycles. The average molecular weight is 262 g/mol.